The van der Waals surface area contributed by atoms with E-state index in [2.05, 4.69) is 4.74 Å². The van der Waals surface area contributed by atoms with Gasteiger partial charge < -0.3 is 9.84 Å². The number of ether oxygens (including phenoxy) is 1. The Morgan fingerprint density at radius 3 is 2.42 bits per heavy atom. The van der Waals surface area contributed by atoms with Crippen LogP contribution in [0.25, 0.3) is 11.1 Å². The van der Waals surface area contributed by atoms with E-state index in [1.165, 1.54) is 24.3 Å². The lowest BCUT2D eigenvalue weighted by Crippen LogP contribution is -2.17. The molecule has 0 aromatic heterocycles. The van der Waals surface area contributed by atoms with Crippen LogP contribution in [0.15, 0.2) is 42.5 Å². The van der Waals surface area contributed by atoms with Crippen LogP contribution in [0.3, 0.4) is 0 Å². The van der Waals surface area contributed by atoms with E-state index in [9.17, 15) is 18.3 Å². The number of hydrogen-bond acceptors (Lipinski definition) is 2. The number of phenolic OH excluding ortho intramolecular Hbond substituents is 1. The van der Waals surface area contributed by atoms with Crippen molar-refractivity contribution >= 4 is 11.6 Å². The topological polar surface area (TPSA) is 29.5 Å². The van der Waals surface area contributed by atoms with Crippen LogP contribution in [0.2, 0.25) is 5.02 Å². The second-order valence-electron chi connectivity index (χ2n) is 3.71. The molecule has 2 rings (SSSR count). The van der Waals surface area contributed by atoms with Gasteiger partial charge in [0.05, 0.1) is 5.02 Å². The first kappa shape index (κ1) is 13.5. The SMILES string of the molecule is Oc1c(Cl)cccc1-c1cccc(OC(F)(F)F)c1. The molecule has 6 heteroatoms. The zero-order valence-corrected chi connectivity index (χ0v) is 10.2. The number of halogens is 4. The molecule has 0 heterocycles. The first-order chi connectivity index (χ1) is 8.87. The highest BCUT2D eigenvalue weighted by Gasteiger charge is 2.31. The molecule has 2 aromatic rings. The van der Waals surface area contributed by atoms with Crippen LogP contribution in [-0.2, 0) is 0 Å². The highest BCUT2D eigenvalue weighted by atomic mass is 35.5. The molecule has 0 bridgehead atoms. The Labute approximate surface area is 112 Å². The van der Waals surface area contributed by atoms with E-state index < -0.39 is 6.36 Å². The van der Waals surface area contributed by atoms with Gasteiger partial charge in [-0.1, -0.05) is 35.9 Å². The Morgan fingerprint density at radius 2 is 1.74 bits per heavy atom. The van der Waals surface area contributed by atoms with Crippen LogP contribution in [0.1, 0.15) is 0 Å². The first-order valence-corrected chi connectivity index (χ1v) is 5.58. The highest BCUT2D eigenvalue weighted by Crippen LogP contribution is 2.36. The van der Waals surface area contributed by atoms with Crippen molar-refractivity contribution in [3.63, 3.8) is 0 Å². The van der Waals surface area contributed by atoms with Gasteiger partial charge in [0, 0.05) is 5.56 Å². The average Bonchev–Trinajstić information content (AvgIpc) is 2.31. The minimum absolute atomic E-state index is 0.125. The van der Waals surface area contributed by atoms with E-state index in [0.717, 1.165) is 0 Å². The summed E-state index contributed by atoms with van der Waals surface area (Å²) >= 11 is 5.75. The van der Waals surface area contributed by atoms with Gasteiger partial charge in [0.1, 0.15) is 11.5 Å². The van der Waals surface area contributed by atoms with Crippen molar-refractivity contribution in [3.8, 4) is 22.6 Å². The molecule has 0 aliphatic rings. The lowest BCUT2D eigenvalue weighted by Gasteiger charge is -2.11. The van der Waals surface area contributed by atoms with Crippen LogP contribution in [0, 0.1) is 0 Å². The zero-order chi connectivity index (χ0) is 14.0. The van der Waals surface area contributed by atoms with Gasteiger partial charge in [0.2, 0.25) is 0 Å². The van der Waals surface area contributed by atoms with Crippen LogP contribution < -0.4 is 4.74 Å². The smallest absolute Gasteiger partial charge is 0.506 e. The molecule has 0 fully saturated rings. The lowest BCUT2D eigenvalue weighted by molar-refractivity contribution is -0.274. The van der Waals surface area contributed by atoms with E-state index in [1.807, 2.05) is 0 Å². The minimum Gasteiger partial charge on any atom is -0.506 e. The summed E-state index contributed by atoms with van der Waals surface area (Å²) in [5.41, 5.74) is 0.710. The molecule has 0 spiro atoms. The molecule has 19 heavy (non-hydrogen) atoms. The number of rotatable bonds is 2. The molecule has 0 saturated carbocycles. The van der Waals surface area contributed by atoms with Gasteiger partial charge >= 0.3 is 6.36 Å². The molecule has 0 radical (unpaired) electrons. The van der Waals surface area contributed by atoms with Gasteiger partial charge in [-0.2, -0.15) is 0 Å². The lowest BCUT2D eigenvalue weighted by atomic mass is 10.0. The molecule has 0 atom stereocenters. The van der Waals surface area contributed by atoms with Crippen molar-refractivity contribution in [3.05, 3.63) is 47.5 Å². The molecule has 2 aromatic carbocycles. The molecule has 0 saturated heterocycles. The first-order valence-electron chi connectivity index (χ1n) is 5.20. The number of alkyl halides is 3. The minimum atomic E-state index is -4.75. The molecule has 1 N–H and O–H groups in total. The zero-order valence-electron chi connectivity index (χ0n) is 9.41. The Bertz CT molecular complexity index is 597. The number of hydrogen-bond donors (Lipinski definition) is 1. The highest BCUT2D eigenvalue weighted by molar-refractivity contribution is 6.32. The summed E-state index contributed by atoms with van der Waals surface area (Å²) in [7, 11) is 0. The number of benzene rings is 2. The summed E-state index contributed by atoms with van der Waals surface area (Å²) in [6.07, 6.45) is -4.75. The van der Waals surface area contributed by atoms with Gasteiger partial charge in [0.25, 0.3) is 0 Å². The van der Waals surface area contributed by atoms with Crippen molar-refractivity contribution in [1.82, 2.24) is 0 Å². The molecular weight excluding hydrogens is 281 g/mol. The molecule has 0 aliphatic heterocycles. The molecule has 0 unspecified atom stereocenters. The predicted octanol–water partition coefficient (Wildman–Crippen LogP) is 4.61. The molecule has 0 aliphatic carbocycles. The molecule has 2 nitrogen and oxygen atoms in total. The van der Waals surface area contributed by atoms with Gasteiger partial charge in [-0.15, -0.1) is 13.2 Å². The molecular formula is C13H8ClF3O2. The van der Waals surface area contributed by atoms with Crippen LogP contribution in [0.4, 0.5) is 13.2 Å². The predicted molar refractivity (Wildman–Crippen MR) is 65.2 cm³/mol. The normalized spacial score (nSPS) is 11.4. The standard InChI is InChI=1S/C13H8ClF3O2/c14-11-6-2-5-10(12(11)18)8-3-1-4-9(7-8)19-13(15,16)17/h1-7,18H. The second kappa shape index (κ2) is 5.01. The van der Waals surface area contributed by atoms with E-state index in [1.54, 1.807) is 18.2 Å². The number of para-hydroxylation sites is 1. The summed E-state index contributed by atoms with van der Waals surface area (Å²) in [4.78, 5) is 0. The maximum absolute atomic E-state index is 12.1. The summed E-state index contributed by atoms with van der Waals surface area (Å²) in [5.74, 6) is -0.544. The summed E-state index contributed by atoms with van der Waals surface area (Å²) in [5, 5.41) is 9.90. The Kier molecular flexibility index (Phi) is 3.57. The Balaban J connectivity index is 2.41. The van der Waals surface area contributed by atoms with Crippen molar-refractivity contribution in [1.29, 1.82) is 0 Å². The van der Waals surface area contributed by atoms with Crippen LogP contribution >= 0.6 is 11.6 Å². The Hall–Kier alpha value is -1.88. The maximum atomic E-state index is 12.1. The van der Waals surface area contributed by atoms with Crippen molar-refractivity contribution < 1.29 is 23.0 Å². The largest absolute Gasteiger partial charge is 0.573 e. The molecule has 0 amide bonds. The monoisotopic (exact) mass is 288 g/mol. The quantitative estimate of drug-likeness (QED) is 0.874. The number of phenols is 1. The van der Waals surface area contributed by atoms with Gasteiger partial charge in [-0.05, 0) is 23.8 Å². The van der Waals surface area contributed by atoms with Crippen molar-refractivity contribution in [2.45, 2.75) is 6.36 Å². The second-order valence-corrected chi connectivity index (χ2v) is 4.12. The fourth-order valence-corrected chi connectivity index (χ4v) is 1.78. The Morgan fingerprint density at radius 1 is 1.05 bits per heavy atom. The van der Waals surface area contributed by atoms with E-state index >= 15 is 0 Å². The van der Waals surface area contributed by atoms with Gasteiger partial charge in [-0.25, -0.2) is 0 Å². The summed E-state index contributed by atoms with van der Waals surface area (Å²) in [6.45, 7) is 0. The van der Waals surface area contributed by atoms with E-state index in [4.69, 9.17) is 11.6 Å². The third-order valence-electron chi connectivity index (χ3n) is 2.37. The maximum Gasteiger partial charge on any atom is 0.573 e. The van der Waals surface area contributed by atoms with Crippen molar-refractivity contribution in [2.75, 3.05) is 0 Å². The van der Waals surface area contributed by atoms with Crippen LogP contribution in [0.5, 0.6) is 11.5 Å². The fourth-order valence-electron chi connectivity index (χ4n) is 1.61. The third-order valence-corrected chi connectivity index (χ3v) is 2.67. The fraction of sp³-hybridized carbons (Fsp3) is 0.0769. The van der Waals surface area contributed by atoms with Gasteiger partial charge in [-0.3, -0.25) is 0 Å². The summed E-state index contributed by atoms with van der Waals surface area (Å²) in [6, 6.07) is 9.93. The van der Waals surface area contributed by atoms with Gasteiger partial charge in [0.15, 0.2) is 0 Å². The summed E-state index contributed by atoms with van der Waals surface area (Å²) < 4.78 is 40.2. The number of aromatic hydroxyl groups is 1. The molecule has 100 valence electrons. The average molecular weight is 289 g/mol. The van der Waals surface area contributed by atoms with E-state index in [-0.39, 0.29) is 16.5 Å². The van der Waals surface area contributed by atoms with E-state index in [0.29, 0.717) is 11.1 Å². The third kappa shape index (κ3) is 3.32. The van der Waals surface area contributed by atoms with Crippen molar-refractivity contribution in [2.24, 2.45) is 0 Å². The van der Waals surface area contributed by atoms with Crippen LogP contribution in [-0.4, -0.2) is 11.5 Å².